The Morgan fingerprint density at radius 2 is 1.88 bits per heavy atom. The predicted molar refractivity (Wildman–Crippen MR) is 63.0 cm³/mol. The molecule has 1 aliphatic carbocycles. The molecular formula is C14H18FN. The molecule has 1 nitrogen and oxygen atoms in total. The lowest BCUT2D eigenvalue weighted by atomic mass is 9.60. The molecule has 1 unspecified atom stereocenters. The molecule has 16 heavy (non-hydrogen) atoms. The van der Waals surface area contributed by atoms with Gasteiger partial charge in [-0.15, -0.1) is 0 Å². The Hall–Kier alpha value is -0.890. The van der Waals surface area contributed by atoms with E-state index in [0.717, 1.165) is 6.54 Å². The Labute approximate surface area is 96.1 Å². The molecule has 1 atom stereocenters. The lowest BCUT2D eigenvalue weighted by molar-refractivity contribution is 0.182. The van der Waals surface area contributed by atoms with Gasteiger partial charge in [0.1, 0.15) is 5.82 Å². The maximum atomic E-state index is 13.0. The average molecular weight is 219 g/mol. The largest absolute Gasteiger partial charge is 0.313 e. The van der Waals surface area contributed by atoms with Crippen LogP contribution in [-0.4, -0.2) is 12.6 Å². The van der Waals surface area contributed by atoms with Crippen LogP contribution >= 0.6 is 0 Å². The molecule has 0 amide bonds. The van der Waals surface area contributed by atoms with Gasteiger partial charge in [0.25, 0.3) is 0 Å². The summed E-state index contributed by atoms with van der Waals surface area (Å²) in [5.74, 6) is -0.127. The van der Waals surface area contributed by atoms with Crippen LogP contribution in [-0.2, 0) is 5.41 Å². The molecule has 1 N–H and O–H groups in total. The van der Waals surface area contributed by atoms with Gasteiger partial charge in [0.15, 0.2) is 0 Å². The highest BCUT2D eigenvalue weighted by molar-refractivity contribution is 5.31. The smallest absolute Gasteiger partial charge is 0.123 e. The summed E-state index contributed by atoms with van der Waals surface area (Å²) in [4.78, 5) is 0. The van der Waals surface area contributed by atoms with E-state index in [2.05, 4.69) is 5.32 Å². The first-order valence-electron chi connectivity index (χ1n) is 6.31. The highest BCUT2D eigenvalue weighted by Gasteiger charge is 2.45. The van der Waals surface area contributed by atoms with Gasteiger partial charge in [-0.25, -0.2) is 4.39 Å². The molecule has 1 aromatic rings. The third kappa shape index (κ3) is 1.47. The van der Waals surface area contributed by atoms with Crippen molar-refractivity contribution in [2.45, 2.75) is 43.6 Å². The number of halogens is 1. The van der Waals surface area contributed by atoms with Gasteiger partial charge in [-0.2, -0.15) is 0 Å². The standard InChI is InChI=1S/C14H18FN/c15-12-6-4-11(5-7-12)14(8-2-9-14)13-3-1-10-16-13/h4-7,13,16H,1-3,8-10H2. The molecule has 2 heteroatoms. The minimum Gasteiger partial charge on any atom is -0.313 e. The van der Waals surface area contributed by atoms with E-state index < -0.39 is 0 Å². The van der Waals surface area contributed by atoms with Gasteiger partial charge < -0.3 is 5.32 Å². The lowest BCUT2D eigenvalue weighted by Crippen LogP contribution is -2.50. The molecule has 1 aliphatic heterocycles. The van der Waals surface area contributed by atoms with Crippen LogP contribution in [0.25, 0.3) is 0 Å². The van der Waals surface area contributed by atoms with E-state index in [1.54, 1.807) is 12.1 Å². The van der Waals surface area contributed by atoms with Crippen molar-refractivity contribution in [1.82, 2.24) is 5.32 Å². The Kier molecular flexibility index (Phi) is 2.47. The van der Waals surface area contributed by atoms with Crippen molar-refractivity contribution >= 4 is 0 Å². The van der Waals surface area contributed by atoms with E-state index in [4.69, 9.17) is 0 Å². The summed E-state index contributed by atoms with van der Waals surface area (Å²) in [5.41, 5.74) is 1.64. The Morgan fingerprint density at radius 3 is 2.38 bits per heavy atom. The number of nitrogens with one attached hydrogen (secondary N) is 1. The highest BCUT2D eigenvalue weighted by atomic mass is 19.1. The fourth-order valence-electron chi connectivity index (χ4n) is 3.33. The van der Waals surface area contributed by atoms with E-state index >= 15 is 0 Å². The van der Waals surface area contributed by atoms with Gasteiger partial charge in [0.2, 0.25) is 0 Å². The summed E-state index contributed by atoms with van der Waals surface area (Å²) >= 11 is 0. The van der Waals surface area contributed by atoms with Crippen molar-refractivity contribution in [2.75, 3.05) is 6.54 Å². The van der Waals surface area contributed by atoms with Crippen molar-refractivity contribution in [1.29, 1.82) is 0 Å². The SMILES string of the molecule is Fc1ccc(C2(C3CCCN3)CCC2)cc1. The van der Waals surface area contributed by atoms with Gasteiger partial charge >= 0.3 is 0 Å². The average Bonchev–Trinajstić information content (AvgIpc) is 2.73. The zero-order valence-corrected chi connectivity index (χ0v) is 9.51. The maximum absolute atomic E-state index is 13.0. The van der Waals surface area contributed by atoms with E-state index in [1.165, 1.54) is 37.7 Å². The molecule has 3 rings (SSSR count). The normalized spacial score (nSPS) is 27.7. The van der Waals surface area contributed by atoms with Crippen molar-refractivity contribution in [3.8, 4) is 0 Å². The van der Waals surface area contributed by atoms with E-state index in [9.17, 15) is 4.39 Å². The van der Waals surface area contributed by atoms with Gasteiger partial charge in [0.05, 0.1) is 0 Å². The van der Waals surface area contributed by atoms with E-state index in [1.807, 2.05) is 12.1 Å². The quantitative estimate of drug-likeness (QED) is 0.806. The first kappa shape index (κ1) is 10.3. The molecule has 1 saturated carbocycles. The third-order valence-corrected chi connectivity index (χ3v) is 4.39. The number of hydrogen-bond donors (Lipinski definition) is 1. The van der Waals surface area contributed by atoms with Gasteiger partial charge in [-0.05, 0) is 49.9 Å². The topological polar surface area (TPSA) is 12.0 Å². The van der Waals surface area contributed by atoms with Crippen LogP contribution in [0, 0.1) is 5.82 Å². The van der Waals surface area contributed by atoms with Gasteiger partial charge in [0, 0.05) is 11.5 Å². The molecule has 1 aromatic carbocycles. The van der Waals surface area contributed by atoms with Gasteiger partial charge in [-0.1, -0.05) is 18.6 Å². The third-order valence-electron chi connectivity index (χ3n) is 4.39. The molecule has 2 aliphatic rings. The van der Waals surface area contributed by atoms with Crippen LogP contribution < -0.4 is 5.32 Å². The molecule has 0 radical (unpaired) electrons. The second-order valence-corrected chi connectivity index (χ2v) is 5.17. The van der Waals surface area contributed by atoms with Gasteiger partial charge in [-0.3, -0.25) is 0 Å². The molecule has 2 fully saturated rings. The highest BCUT2D eigenvalue weighted by Crippen LogP contribution is 2.48. The van der Waals surface area contributed by atoms with Crippen molar-refractivity contribution in [2.24, 2.45) is 0 Å². The van der Waals surface area contributed by atoms with E-state index in [0.29, 0.717) is 11.5 Å². The molecular weight excluding hydrogens is 201 g/mol. The summed E-state index contributed by atoms with van der Waals surface area (Å²) < 4.78 is 13.0. The fraction of sp³-hybridized carbons (Fsp3) is 0.571. The zero-order valence-electron chi connectivity index (χ0n) is 9.51. The molecule has 1 saturated heterocycles. The Morgan fingerprint density at radius 1 is 1.12 bits per heavy atom. The first-order valence-corrected chi connectivity index (χ1v) is 6.31. The van der Waals surface area contributed by atoms with Crippen LogP contribution in [0.3, 0.4) is 0 Å². The Bertz CT molecular complexity index is 361. The minimum absolute atomic E-state index is 0.127. The number of benzene rings is 1. The van der Waals surface area contributed by atoms with Crippen LogP contribution in [0.2, 0.25) is 0 Å². The zero-order chi connectivity index (χ0) is 11.0. The summed E-state index contributed by atoms with van der Waals surface area (Å²) in [6.45, 7) is 1.15. The minimum atomic E-state index is -0.127. The van der Waals surface area contributed by atoms with Crippen molar-refractivity contribution in [3.63, 3.8) is 0 Å². The molecule has 86 valence electrons. The second kappa shape index (κ2) is 3.85. The predicted octanol–water partition coefficient (Wildman–Crippen LogP) is 3.00. The molecule has 0 aromatic heterocycles. The summed E-state index contributed by atoms with van der Waals surface area (Å²) in [6.07, 6.45) is 6.40. The van der Waals surface area contributed by atoms with Crippen molar-refractivity contribution in [3.05, 3.63) is 35.6 Å². The second-order valence-electron chi connectivity index (χ2n) is 5.17. The molecule has 0 bridgehead atoms. The molecule has 0 spiro atoms. The fourth-order valence-corrected chi connectivity index (χ4v) is 3.33. The number of hydrogen-bond acceptors (Lipinski definition) is 1. The van der Waals surface area contributed by atoms with Crippen LogP contribution in [0.4, 0.5) is 4.39 Å². The summed E-state index contributed by atoms with van der Waals surface area (Å²) in [5, 5.41) is 3.62. The van der Waals surface area contributed by atoms with Crippen LogP contribution in [0.5, 0.6) is 0 Å². The monoisotopic (exact) mass is 219 g/mol. The van der Waals surface area contributed by atoms with Crippen LogP contribution in [0.1, 0.15) is 37.7 Å². The maximum Gasteiger partial charge on any atom is 0.123 e. The first-order chi connectivity index (χ1) is 7.81. The lowest BCUT2D eigenvalue weighted by Gasteiger charge is -2.47. The Balaban J connectivity index is 1.91. The van der Waals surface area contributed by atoms with Crippen LogP contribution in [0.15, 0.2) is 24.3 Å². The summed E-state index contributed by atoms with van der Waals surface area (Å²) in [7, 11) is 0. The van der Waals surface area contributed by atoms with Crippen molar-refractivity contribution < 1.29 is 4.39 Å². The summed E-state index contributed by atoms with van der Waals surface area (Å²) in [6, 6.07) is 7.78. The molecule has 1 heterocycles. The number of rotatable bonds is 2. The van der Waals surface area contributed by atoms with E-state index in [-0.39, 0.29) is 5.82 Å².